The van der Waals surface area contributed by atoms with Crippen LogP contribution in [0.5, 0.6) is 5.75 Å². The van der Waals surface area contributed by atoms with Crippen LogP contribution in [0.2, 0.25) is 0 Å². The molecule has 2 aromatic carbocycles. The Kier molecular flexibility index (Phi) is 6.53. The molecule has 4 nitrogen and oxygen atoms in total. The number of carbonyl (C=O) groups is 1. The molecular weight excluding hydrogens is 350 g/mol. The smallest absolute Gasteiger partial charge is 0.305 e. The van der Waals surface area contributed by atoms with Gasteiger partial charge in [0.25, 0.3) is 0 Å². The van der Waals surface area contributed by atoms with Crippen molar-refractivity contribution in [1.82, 2.24) is 4.90 Å². The third-order valence-electron chi connectivity index (χ3n) is 5.19. The highest BCUT2D eigenvalue weighted by atomic mass is 16.5. The van der Waals surface area contributed by atoms with Crippen LogP contribution in [-0.4, -0.2) is 38.6 Å². The maximum atomic E-state index is 11.6. The number of esters is 1. The topological polar surface area (TPSA) is 38.8 Å². The highest BCUT2D eigenvalue weighted by Gasteiger charge is 2.21. The molecule has 1 aliphatic heterocycles. The van der Waals surface area contributed by atoms with Crippen molar-refractivity contribution in [3.63, 3.8) is 0 Å². The first-order chi connectivity index (χ1) is 13.5. The molecule has 28 heavy (non-hydrogen) atoms. The third-order valence-corrected chi connectivity index (χ3v) is 5.19. The van der Waals surface area contributed by atoms with Crippen LogP contribution in [0.25, 0.3) is 5.57 Å². The molecule has 0 saturated carbocycles. The summed E-state index contributed by atoms with van der Waals surface area (Å²) in [6.07, 6.45) is 2.03. The average molecular weight is 380 g/mol. The number of rotatable bonds is 6. The lowest BCUT2D eigenvalue weighted by Gasteiger charge is -2.17. The van der Waals surface area contributed by atoms with Gasteiger partial charge >= 0.3 is 5.97 Å². The summed E-state index contributed by atoms with van der Waals surface area (Å²) in [7, 11) is 5.63. The number of benzene rings is 2. The minimum atomic E-state index is -0.186. The van der Waals surface area contributed by atoms with Gasteiger partial charge in [-0.25, -0.2) is 0 Å². The molecule has 0 atom stereocenters. The first kappa shape index (κ1) is 20.2. The summed E-state index contributed by atoms with van der Waals surface area (Å²) in [6.45, 7) is 3.77. The summed E-state index contributed by atoms with van der Waals surface area (Å²) in [5.74, 6) is 0.715. The van der Waals surface area contributed by atoms with Crippen molar-refractivity contribution < 1.29 is 14.3 Å². The molecule has 148 valence electrons. The van der Waals surface area contributed by atoms with Gasteiger partial charge in [0.1, 0.15) is 12.4 Å². The Morgan fingerprint density at radius 1 is 1.11 bits per heavy atom. The van der Waals surface area contributed by atoms with Crippen molar-refractivity contribution in [3.8, 4) is 5.75 Å². The molecule has 0 radical (unpaired) electrons. The molecule has 1 aliphatic rings. The SMILES string of the molecule is COC(=O)CCc1ccc2c(c1)/C(=C(\C)CCN(C)C)c1ccccc1CO2. The largest absolute Gasteiger partial charge is 0.488 e. The van der Waals surface area contributed by atoms with Gasteiger partial charge in [-0.3, -0.25) is 4.79 Å². The Labute approximate surface area is 167 Å². The number of hydrogen-bond donors (Lipinski definition) is 0. The van der Waals surface area contributed by atoms with Crippen molar-refractivity contribution in [2.45, 2.75) is 32.8 Å². The lowest BCUT2D eigenvalue weighted by atomic mass is 9.88. The predicted molar refractivity (Wildman–Crippen MR) is 112 cm³/mol. The van der Waals surface area contributed by atoms with Crippen LogP contribution in [0.3, 0.4) is 0 Å². The quantitative estimate of drug-likeness (QED) is 0.695. The van der Waals surface area contributed by atoms with E-state index in [4.69, 9.17) is 9.47 Å². The summed E-state index contributed by atoms with van der Waals surface area (Å²) in [6, 6.07) is 14.7. The average Bonchev–Trinajstić information content (AvgIpc) is 2.86. The molecule has 0 fully saturated rings. The Hall–Kier alpha value is -2.59. The summed E-state index contributed by atoms with van der Waals surface area (Å²) in [5, 5.41) is 0. The van der Waals surface area contributed by atoms with Crippen LogP contribution < -0.4 is 4.74 Å². The fraction of sp³-hybridized carbons (Fsp3) is 0.375. The monoisotopic (exact) mass is 379 g/mol. The maximum Gasteiger partial charge on any atom is 0.305 e. The Bertz CT molecular complexity index is 883. The summed E-state index contributed by atoms with van der Waals surface area (Å²) < 4.78 is 10.9. The van der Waals surface area contributed by atoms with E-state index < -0.39 is 0 Å². The first-order valence-electron chi connectivity index (χ1n) is 9.75. The van der Waals surface area contributed by atoms with Crippen molar-refractivity contribution in [3.05, 3.63) is 70.3 Å². The van der Waals surface area contributed by atoms with E-state index in [1.54, 1.807) is 0 Å². The zero-order chi connectivity index (χ0) is 20.1. The number of ether oxygens (including phenoxy) is 2. The lowest BCUT2D eigenvalue weighted by Crippen LogP contribution is -2.13. The van der Waals surface area contributed by atoms with Crippen LogP contribution in [-0.2, 0) is 22.6 Å². The number of hydrogen-bond acceptors (Lipinski definition) is 4. The van der Waals surface area contributed by atoms with Crippen LogP contribution in [0.4, 0.5) is 0 Å². The van der Waals surface area contributed by atoms with Crippen molar-refractivity contribution in [1.29, 1.82) is 0 Å². The molecule has 0 N–H and O–H groups in total. The zero-order valence-corrected chi connectivity index (χ0v) is 17.2. The molecule has 0 aromatic heterocycles. The number of nitrogens with zero attached hydrogens (tertiary/aromatic N) is 1. The number of methoxy groups -OCH3 is 1. The highest BCUT2D eigenvalue weighted by molar-refractivity contribution is 5.87. The van der Waals surface area contributed by atoms with Gasteiger partial charge in [0.05, 0.1) is 7.11 Å². The fourth-order valence-electron chi connectivity index (χ4n) is 3.57. The molecule has 0 bridgehead atoms. The minimum absolute atomic E-state index is 0.186. The second-order valence-corrected chi connectivity index (χ2v) is 7.56. The molecule has 0 aliphatic carbocycles. The van der Waals surface area contributed by atoms with E-state index in [9.17, 15) is 4.79 Å². The number of fused-ring (bicyclic) bond motifs is 2. The second-order valence-electron chi connectivity index (χ2n) is 7.56. The summed E-state index contributed by atoms with van der Waals surface area (Å²) in [4.78, 5) is 13.8. The van der Waals surface area contributed by atoms with Gasteiger partial charge in [-0.2, -0.15) is 0 Å². The van der Waals surface area contributed by atoms with E-state index in [0.717, 1.165) is 29.8 Å². The molecule has 3 rings (SSSR count). The second kappa shape index (κ2) is 9.07. The minimum Gasteiger partial charge on any atom is -0.488 e. The molecule has 2 aromatic rings. The third kappa shape index (κ3) is 4.63. The Balaban J connectivity index is 2.06. The highest BCUT2D eigenvalue weighted by Crippen LogP contribution is 2.39. The van der Waals surface area contributed by atoms with Gasteiger partial charge in [0.15, 0.2) is 0 Å². The van der Waals surface area contributed by atoms with Gasteiger partial charge < -0.3 is 14.4 Å². The molecule has 1 heterocycles. The van der Waals surface area contributed by atoms with E-state index >= 15 is 0 Å². The van der Waals surface area contributed by atoms with Crippen LogP contribution in [0.15, 0.2) is 48.0 Å². The van der Waals surface area contributed by atoms with E-state index in [0.29, 0.717) is 19.4 Å². The molecule has 0 saturated heterocycles. The lowest BCUT2D eigenvalue weighted by molar-refractivity contribution is -0.140. The van der Waals surface area contributed by atoms with Gasteiger partial charge in [-0.15, -0.1) is 0 Å². The normalized spacial score (nSPS) is 14.6. The summed E-state index contributed by atoms with van der Waals surface area (Å²) in [5.41, 5.74) is 7.27. The van der Waals surface area contributed by atoms with E-state index in [1.165, 1.54) is 29.4 Å². The molecule has 0 unspecified atom stereocenters. The van der Waals surface area contributed by atoms with E-state index in [2.05, 4.69) is 56.3 Å². The van der Waals surface area contributed by atoms with Gasteiger partial charge in [0.2, 0.25) is 0 Å². The summed E-state index contributed by atoms with van der Waals surface area (Å²) >= 11 is 0. The molecule has 0 spiro atoms. The van der Waals surface area contributed by atoms with Gasteiger partial charge in [0, 0.05) is 18.5 Å². The number of aryl methyl sites for hydroxylation is 1. The Morgan fingerprint density at radius 3 is 2.64 bits per heavy atom. The van der Waals surface area contributed by atoms with E-state index in [1.807, 2.05) is 12.1 Å². The Morgan fingerprint density at radius 2 is 1.89 bits per heavy atom. The van der Waals surface area contributed by atoms with E-state index in [-0.39, 0.29) is 5.97 Å². The molecule has 4 heteroatoms. The van der Waals surface area contributed by atoms with Crippen molar-refractivity contribution in [2.75, 3.05) is 27.7 Å². The van der Waals surface area contributed by atoms with Gasteiger partial charge in [-0.05, 0) is 68.3 Å². The van der Waals surface area contributed by atoms with Crippen LogP contribution >= 0.6 is 0 Å². The van der Waals surface area contributed by atoms with Crippen molar-refractivity contribution >= 4 is 11.5 Å². The van der Waals surface area contributed by atoms with Crippen molar-refractivity contribution in [2.24, 2.45) is 0 Å². The predicted octanol–water partition coefficient (Wildman–Crippen LogP) is 4.46. The maximum absolute atomic E-state index is 11.6. The standard InChI is InChI=1S/C24H29NO3/c1-17(13-14-25(2)3)24-20-8-6-5-7-19(20)16-28-22-11-9-18(15-21(22)24)10-12-23(26)27-4/h5-9,11,15H,10,12-14,16H2,1-4H3/b24-17+. The van der Waals surface area contributed by atoms with Crippen LogP contribution in [0, 0.1) is 0 Å². The van der Waals surface area contributed by atoms with Gasteiger partial charge in [-0.1, -0.05) is 35.9 Å². The fourth-order valence-corrected chi connectivity index (χ4v) is 3.57. The first-order valence-corrected chi connectivity index (χ1v) is 9.75. The van der Waals surface area contributed by atoms with Crippen LogP contribution in [0.1, 0.15) is 42.0 Å². The molecule has 0 amide bonds. The number of carbonyl (C=O) groups excluding carboxylic acids is 1. The zero-order valence-electron chi connectivity index (χ0n) is 17.2. The molecular formula is C24H29NO3.